The van der Waals surface area contributed by atoms with E-state index in [-0.39, 0.29) is 24.0 Å². The molecule has 0 amide bonds. The first-order valence-corrected chi connectivity index (χ1v) is 7.53. The van der Waals surface area contributed by atoms with Crippen LogP contribution in [0.1, 0.15) is 16.9 Å². The average Bonchev–Trinajstić information content (AvgIpc) is 2.93. The highest BCUT2D eigenvalue weighted by Gasteiger charge is 2.04. The molecule has 0 aliphatic rings. The minimum Gasteiger partial charge on any atom is -0.495 e. The lowest BCUT2D eigenvalue weighted by atomic mass is 10.3. The Morgan fingerprint density at radius 2 is 2.14 bits per heavy atom. The number of methoxy groups -OCH3 is 1. The summed E-state index contributed by atoms with van der Waals surface area (Å²) >= 11 is 7.58. The highest BCUT2D eigenvalue weighted by Crippen LogP contribution is 2.27. The standard InChI is InChI=1S/C13H16ClN5OS.HI/c1-3-11-18-19-12(21-11)7-16-13(15)17-8-4-5-10(20-2)9(14)6-8;/h4-6H,3,7H2,1-2H3,(H3,15,16,17);1H. The molecule has 0 fully saturated rings. The van der Waals surface area contributed by atoms with Crippen molar-refractivity contribution in [3.63, 3.8) is 0 Å². The zero-order valence-corrected chi connectivity index (χ0v) is 16.1. The number of ether oxygens (including phenoxy) is 1. The largest absolute Gasteiger partial charge is 0.495 e. The Bertz CT molecular complexity index is 649. The van der Waals surface area contributed by atoms with Crippen molar-refractivity contribution >= 4 is 58.6 Å². The molecule has 0 aliphatic carbocycles. The maximum atomic E-state index is 6.04. The molecular formula is C13H17ClIN5OS. The molecule has 0 unspecified atom stereocenters. The van der Waals surface area contributed by atoms with Gasteiger partial charge in [0.2, 0.25) is 0 Å². The van der Waals surface area contributed by atoms with E-state index in [9.17, 15) is 0 Å². The predicted octanol–water partition coefficient (Wildman–Crippen LogP) is 3.31. The lowest BCUT2D eigenvalue weighted by Gasteiger charge is -2.08. The van der Waals surface area contributed by atoms with E-state index in [1.165, 1.54) is 11.3 Å². The van der Waals surface area contributed by atoms with Crippen LogP contribution < -0.4 is 15.8 Å². The maximum Gasteiger partial charge on any atom is 0.193 e. The van der Waals surface area contributed by atoms with Gasteiger partial charge in [-0.1, -0.05) is 29.9 Å². The summed E-state index contributed by atoms with van der Waals surface area (Å²) in [5, 5.41) is 13.4. The number of halogens is 2. The quantitative estimate of drug-likeness (QED) is 0.412. The van der Waals surface area contributed by atoms with Gasteiger partial charge in [-0.05, 0) is 24.6 Å². The van der Waals surface area contributed by atoms with Crippen LogP contribution in [0.25, 0.3) is 0 Å². The van der Waals surface area contributed by atoms with Gasteiger partial charge in [0.15, 0.2) is 5.96 Å². The first-order chi connectivity index (χ1) is 10.1. The summed E-state index contributed by atoms with van der Waals surface area (Å²) in [7, 11) is 1.57. The van der Waals surface area contributed by atoms with Gasteiger partial charge < -0.3 is 15.8 Å². The van der Waals surface area contributed by atoms with E-state index in [0.717, 1.165) is 22.1 Å². The summed E-state index contributed by atoms with van der Waals surface area (Å²) in [6.07, 6.45) is 0.874. The number of guanidine groups is 1. The number of nitrogens with zero attached hydrogens (tertiary/aromatic N) is 3. The number of nitrogens with one attached hydrogen (secondary N) is 1. The van der Waals surface area contributed by atoms with Crippen molar-refractivity contribution in [2.45, 2.75) is 19.9 Å². The maximum absolute atomic E-state index is 6.04. The van der Waals surface area contributed by atoms with Crippen LogP contribution in [0.15, 0.2) is 23.2 Å². The second-order valence-corrected chi connectivity index (χ2v) is 5.67. The van der Waals surface area contributed by atoms with Crippen molar-refractivity contribution in [3.05, 3.63) is 33.2 Å². The van der Waals surface area contributed by atoms with E-state index in [2.05, 4.69) is 20.5 Å². The number of anilines is 1. The van der Waals surface area contributed by atoms with Crippen molar-refractivity contribution in [2.75, 3.05) is 12.4 Å². The van der Waals surface area contributed by atoms with Crippen molar-refractivity contribution in [1.82, 2.24) is 10.2 Å². The van der Waals surface area contributed by atoms with Crippen LogP contribution in [-0.2, 0) is 13.0 Å². The molecule has 6 nitrogen and oxygen atoms in total. The predicted molar refractivity (Wildman–Crippen MR) is 102 cm³/mol. The molecule has 1 aromatic heterocycles. The zero-order chi connectivity index (χ0) is 15.2. The highest BCUT2D eigenvalue weighted by molar-refractivity contribution is 14.0. The number of benzene rings is 1. The van der Waals surface area contributed by atoms with Crippen LogP contribution in [0.4, 0.5) is 5.69 Å². The number of nitrogens with two attached hydrogens (primary N) is 1. The van der Waals surface area contributed by atoms with E-state index < -0.39 is 0 Å². The van der Waals surface area contributed by atoms with Gasteiger partial charge in [-0.3, -0.25) is 0 Å². The summed E-state index contributed by atoms with van der Waals surface area (Å²) in [5.74, 6) is 0.906. The van der Waals surface area contributed by atoms with Crippen LogP contribution in [0.2, 0.25) is 5.02 Å². The van der Waals surface area contributed by atoms with Crippen LogP contribution in [0, 0.1) is 0 Å². The molecular weight excluding hydrogens is 437 g/mol. The minimum absolute atomic E-state index is 0. The normalized spacial score (nSPS) is 11.0. The van der Waals surface area contributed by atoms with Crippen LogP contribution in [0.5, 0.6) is 5.75 Å². The van der Waals surface area contributed by atoms with E-state index in [4.69, 9.17) is 22.1 Å². The second kappa shape index (κ2) is 9.11. The summed E-state index contributed by atoms with van der Waals surface area (Å²) in [5.41, 5.74) is 6.58. The molecule has 120 valence electrons. The fourth-order valence-electron chi connectivity index (χ4n) is 1.58. The lowest BCUT2D eigenvalue weighted by molar-refractivity contribution is 0.415. The Hall–Kier alpha value is -1.13. The number of rotatable bonds is 5. The molecule has 1 aromatic carbocycles. The molecule has 0 radical (unpaired) electrons. The lowest BCUT2D eigenvalue weighted by Crippen LogP contribution is -2.22. The number of hydrogen-bond donors (Lipinski definition) is 2. The first-order valence-electron chi connectivity index (χ1n) is 6.34. The summed E-state index contributed by atoms with van der Waals surface area (Å²) in [6, 6.07) is 5.30. The number of aromatic nitrogens is 2. The molecule has 0 atom stereocenters. The molecule has 0 aliphatic heterocycles. The smallest absolute Gasteiger partial charge is 0.193 e. The third kappa shape index (κ3) is 5.25. The number of aryl methyl sites for hydroxylation is 1. The van der Waals surface area contributed by atoms with Gasteiger partial charge in [0.05, 0.1) is 18.7 Å². The van der Waals surface area contributed by atoms with Crippen LogP contribution in [-0.4, -0.2) is 23.3 Å². The molecule has 0 saturated heterocycles. The summed E-state index contributed by atoms with van der Waals surface area (Å²) in [6.45, 7) is 2.44. The molecule has 9 heteroatoms. The molecule has 1 heterocycles. The highest BCUT2D eigenvalue weighted by atomic mass is 127. The molecule has 2 rings (SSSR count). The van der Waals surface area contributed by atoms with Crippen LogP contribution in [0.3, 0.4) is 0 Å². The van der Waals surface area contributed by atoms with E-state index in [1.807, 2.05) is 13.0 Å². The van der Waals surface area contributed by atoms with Gasteiger partial charge in [0.1, 0.15) is 15.8 Å². The van der Waals surface area contributed by atoms with Gasteiger partial charge in [0, 0.05) is 5.69 Å². The summed E-state index contributed by atoms with van der Waals surface area (Å²) < 4.78 is 5.09. The Labute approximate surface area is 155 Å². The van der Waals surface area contributed by atoms with Crippen LogP contribution >= 0.6 is 46.9 Å². The molecule has 0 spiro atoms. The van der Waals surface area contributed by atoms with Crippen molar-refractivity contribution in [1.29, 1.82) is 0 Å². The molecule has 0 bridgehead atoms. The second-order valence-electron chi connectivity index (χ2n) is 4.12. The van der Waals surface area contributed by atoms with Gasteiger partial charge in [-0.15, -0.1) is 34.2 Å². The van der Waals surface area contributed by atoms with E-state index in [0.29, 0.717) is 23.3 Å². The fraction of sp³-hybridized carbons (Fsp3) is 0.308. The van der Waals surface area contributed by atoms with Gasteiger partial charge in [-0.25, -0.2) is 4.99 Å². The SMILES string of the molecule is CCc1nnc(CN=C(N)Nc2ccc(OC)c(Cl)c2)s1.I. The first kappa shape index (κ1) is 18.9. The topological polar surface area (TPSA) is 85.4 Å². The van der Waals surface area contributed by atoms with E-state index in [1.54, 1.807) is 19.2 Å². The monoisotopic (exact) mass is 453 g/mol. The van der Waals surface area contributed by atoms with Crippen molar-refractivity contribution in [3.8, 4) is 5.75 Å². The number of hydrogen-bond acceptors (Lipinski definition) is 5. The number of aliphatic imine (C=N–C) groups is 1. The van der Waals surface area contributed by atoms with Gasteiger partial charge >= 0.3 is 0 Å². The summed E-state index contributed by atoms with van der Waals surface area (Å²) in [4.78, 5) is 4.23. The molecule has 0 saturated carbocycles. The Morgan fingerprint density at radius 3 is 2.73 bits per heavy atom. The third-order valence-corrected chi connectivity index (χ3v) is 3.97. The van der Waals surface area contributed by atoms with Crippen molar-refractivity contribution < 1.29 is 4.74 Å². The third-order valence-electron chi connectivity index (χ3n) is 2.62. The molecule has 3 N–H and O–H groups in total. The minimum atomic E-state index is 0. The average molecular weight is 454 g/mol. The fourth-order valence-corrected chi connectivity index (χ4v) is 2.55. The van der Waals surface area contributed by atoms with E-state index >= 15 is 0 Å². The molecule has 2 aromatic rings. The molecule has 22 heavy (non-hydrogen) atoms. The Balaban J connectivity index is 0.00000242. The van der Waals surface area contributed by atoms with Crippen molar-refractivity contribution in [2.24, 2.45) is 10.7 Å². The Morgan fingerprint density at radius 1 is 1.41 bits per heavy atom. The van der Waals surface area contributed by atoms with Gasteiger partial charge in [-0.2, -0.15) is 0 Å². The zero-order valence-electron chi connectivity index (χ0n) is 12.2. The Kier molecular flexibility index (Phi) is 7.83. The van der Waals surface area contributed by atoms with Gasteiger partial charge in [0.25, 0.3) is 0 Å².